The Morgan fingerprint density at radius 3 is 2.69 bits per heavy atom. The van der Waals surface area contributed by atoms with Crippen LogP contribution >= 0.6 is 0 Å². The summed E-state index contributed by atoms with van der Waals surface area (Å²) in [5.74, 6) is 0.777. The number of hydrogen-bond donors (Lipinski definition) is 0. The molecule has 0 aromatic heterocycles. The molecule has 0 aliphatic heterocycles. The molecule has 0 radical (unpaired) electrons. The fraction of sp³-hybridized carbons (Fsp3) is 0.667. The first-order valence-electron chi connectivity index (χ1n) is 6.20. The van der Waals surface area contributed by atoms with E-state index in [1.54, 1.807) is 6.92 Å². The zero-order chi connectivity index (χ0) is 12.3. The molecule has 0 heterocycles. The van der Waals surface area contributed by atoms with Crippen molar-refractivity contribution >= 4 is 5.78 Å². The number of hydrogen-bond acceptors (Lipinski definition) is 1. The van der Waals surface area contributed by atoms with Crippen LogP contribution in [0.1, 0.15) is 53.4 Å². The standard InChI is InChI=1S/C15H24O/c1-11(2)14(16)9-8-13-12(3)7-6-10-15(13,4)5/h7,13H,1,6,8-10H2,2-5H3/t13-/m1/s1. The SMILES string of the molecule is C=C(C)C(=O)CC[C@@H]1C(C)=CCCC1(C)C. The maximum absolute atomic E-state index is 11.6. The number of Topliss-reactive ketones (excluding diaryl/α,β-unsaturated/α-hetero) is 1. The molecule has 0 amide bonds. The molecule has 1 nitrogen and oxygen atoms in total. The topological polar surface area (TPSA) is 17.1 Å². The van der Waals surface area contributed by atoms with E-state index in [0.29, 0.717) is 23.3 Å². The van der Waals surface area contributed by atoms with Gasteiger partial charge in [-0.25, -0.2) is 0 Å². The second-order valence-corrected chi connectivity index (χ2v) is 5.77. The molecule has 1 rings (SSSR count). The number of allylic oxidation sites excluding steroid dienone is 3. The summed E-state index contributed by atoms with van der Waals surface area (Å²) < 4.78 is 0. The Morgan fingerprint density at radius 2 is 2.19 bits per heavy atom. The third kappa shape index (κ3) is 3.07. The van der Waals surface area contributed by atoms with Gasteiger partial charge >= 0.3 is 0 Å². The van der Waals surface area contributed by atoms with Gasteiger partial charge in [-0.3, -0.25) is 4.79 Å². The summed E-state index contributed by atoms with van der Waals surface area (Å²) in [4.78, 5) is 11.6. The monoisotopic (exact) mass is 220 g/mol. The summed E-state index contributed by atoms with van der Waals surface area (Å²) in [6, 6.07) is 0. The van der Waals surface area contributed by atoms with Gasteiger partial charge in [0.1, 0.15) is 0 Å². The van der Waals surface area contributed by atoms with Crippen LogP contribution in [0.4, 0.5) is 0 Å². The predicted molar refractivity (Wildman–Crippen MR) is 69.3 cm³/mol. The highest BCUT2D eigenvalue weighted by atomic mass is 16.1. The molecule has 0 aromatic rings. The van der Waals surface area contributed by atoms with E-state index in [2.05, 4.69) is 33.4 Å². The van der Waals surface area contributed by atoms with E-state index in [4.69, 9.17) is 0 Å². The van der Waals surface area contributed by atoms with Gasteiger partial charge in [-0.1, -0.05) is 32.1 Å². The number of carbonyl (C=O) groups excluding carboxylic acids is 1. The molecule has 0 bridgehead atoms. The Bertz CT molecular complexity index is 320. The Balaban J connectivity index is 2.64. The molecule has 16 heavy (non-hydrogen) atoms. The van der Waals surface area contributed by atoms with Crippen LogP contribution in [-0.4, -0.2) is 5.78 Å². The molecule has 0 fully saturated rings. The van der Waals surface area contributed by atoms with E-state index in [0.717, 1.165) is 6.42 Å². The summed E-state index contributed by atoms with van der Waals surface area (Å²) in [5.41, 5.74) is 2.50. The van der Waals surface area contributed by atoms with Crippen molar-refractivity contribution in [2.75, 3.05) is 0 Å². The summed E-state index contributed by atoms with van der Waals surface area (Å²) in [6.07, 6.45) is 6.37. The zero-order valence-electron chi connectivity index (χ0n) is 11.1. The van der Waals surface area contributed by atoms with Crippen LogP contribution in [0.3, 0.4) is 0 Å². The minimum Gasteiger partial charge on any atom is -0.295 e. The van der Waals surface area contributed by atoms with Crippen LogP contribution in [-0.2, 0) is 4.79 Å². The van der Waals surface area contributed by atoms with Crippen LogP contribution in [0.15, 0.2) is 23.8 Å². The fourth-order valence-electron chi connectivity index (χ4n) is 2.71. The van der Waals surface area contributed by atoms with E-state index in [1.165, 1.54) is 18.4 Å². The molecule has 1 atom stereocenters. The van der Waals surface area contributed by atoms with E-state index in [9.17, 15) is 4.79 Å². The minimum absolute atomic E-state index is 0.217. The molecule has 1 heteroatoms. The average molecular weight is 220 g/mol. The highest BCUT2D eigenvalue weighted by Crippen LogP contribution is 2.43. The van der Waals surface area contributed by atoms with Crippen LogP contribution in [0.5, 0.6) is 0 Å². The van der Waals surface area contributed by atoms with Crippen molar-refractivity contribution in [3.63, 3.8) is 0 Å². The van der Waals surface area contributed by atoms with Gasteiger partial charge in [0.2, 0.25) is 0 Å². The van der Waals surface area contributed by atoms with Crippen molar-refractivity contribution in [3.05, 3.63) is 23.8 Å². The first kappa shape index (κ1) is 13.2. The fourth-order valence-corrected chi connectivity index (χ4v) is 2.71. The van der Waals surface area contributed by atoms with Crippen molar-refractivity contribution < 1.29 is 4.79 Å². The molecule has 0 saturated heterocycles. The number of carbonyl (C=O) groups is 1. The van der Waals surface area contributed by atoms with Crippen molar-refractivity contribution in [1.29, 1.82) is 0 Å². The van der Waals surface area contributed by atoms with Crippen LogP contribution in [0.25, 0.3) is 0 Å². The molecule has 1 aliphatic carbocycles. The largest absolute Gasteiger partial charge is 0.295 e. The first-order valence-corrected chi connectivity index (χ1v) is 6.20. The zero-order valence-corrected chi connectivity index (χ0v) is 11.1. The van der Waals surface area contributed by atoms with Gasteiger partial charge in [-0.15, -0.1) is 0 Å². The molecule has 0 N–H and O–H groups in total. The molecular formula is C15H24O. The van der Waals surface area contributed by atoms with Gasteiger partial charge in [0.05, 0.1) is 0 Å². The summed E-state index contributed by atoms with van der Waals surface area (Å²) in [7, 11) is 0. The molecule has 0 aromatic carbocycles. The van der Waals surface area contributed by atoms with Gasteiger partial charge in [0, 0.05) is 6.42 Å². The molecular weight excluding hydrogens is 196 g/mol. The smallest absolute Gasteiger partial charge is 0.158 e. The second kappa shape index (κ2) is 4.99. The van der Waals surface area contributed by atoms with Gasteiger partial charge in [0.15, 0.2) is 5.78 Å². The van der Waals surface area contributed by atoms with Crippen molar-refractivity contribution in [2.45, 2.75) is 53.4 Å². The lowest BCUT2D eigenvalue weighted by molar-refractivity contribution is -0.115. The molecule has 0 spiro atoms. The van der Waals surface area contributed by atoms with E-state index in [1.807, 2.05) is 0 Å². The highest BCUT2D eigenvalue weighted by Gasteiger charge is 2.32. The van der Waals surface area contributed by atoms with Gasteiger partial charge < -0.3 is 0 Å². The second-order valence-electron chi connectivity index (χ2n) is 5.77. The lowest BCUT2D eigenvalue weighted by Crippen LogP contribution is -2.28. The van der Waals surface area contributed by atoms with Crippen molar-refractivity contribution in [2.24, 2.45) is 11.3 Å². The van der Waals surface area contributed by atoms with Crippen molar-refractivity contribution in [1.82, 2.24) is 0 Å². The molecule has 1 aliphatic rings. The Labute approximate surface area is 99.6 Å². The average Bonchev–Trinajstić information content (AvgIpc) is 2.15. The lowest BCUT2D eigenvalue weighted by Gasteiger charge is -2.38. The predicted octanol–water partition coefficient (Wildman–Crippen LogP) is 4.29. The van der Waals surface area contributed by atoms with Gasteiger partial charge in [-0.05, 0) is 50.0 Å². The Morgan fingerprint density at radius 1 is 1.56 bits per heavy atom. The van der Waals surface area contributed by atoms with Crippen molar-refractivity contribution in [3.8, 4) is 0 Å². The number of ketones is 1. The van der Waals surface area contributed by atoms with E-state index in [-0.39, 0.29) is 5.78 Å². The van der Waals surface area contributed by atoms with E-state index >= 15 is 0 Å². The number of rotatable bonds is 4. The lowest BCUT2D eigenvalue weighted by atomic mass is 9.67. The quantitative estimate of drug-likeness (QED) is 0.510. The Hall–Kier alpha value is -0.850. The normalized spacial score (nSPS) is 23.8. The summed E-state index contributed by atoms with van der Waals surface area (Å²) in [5, 5.41) is 0. The van der Waals surface area contributed by atoms with E-state index < -0.39 is 0 Å². The first-order chi connectivity index (χ1) is 7.34. The maximum Gasteiger partial charge on any atom is 0.158 e. The maximum atomic E-state index is 11.6. The highest BCUT2D eigenvalue weighted by molar-refractivity contribution is 5.94. The summed E-state index contributed by atoms with van der Waals surface area (Å²) in [6.45, 7) is 12.4. The Kier molecular flexibility index (Phi) is 4.12. The van der Waals surface area contributed by atoms with Crippen LogP contribution in [0, 0.1) is 11.3 Å². The van der Waals surface area contributed by atoms with Gasteiger partial charge in [0.25, 0.3) is 0 Å². The van der Waals surface area contributed by atoms with Crippen LogP contribution in [0.2, 0.25) is 0 Å². The van der Waals surface area contributed by atoms with Crippen LogP contribution < -0.4 is 0 Å². The molecule has 0 saturated carbocycles. The third-order valence-electron chi connectivity index (χ3n) is 3.88. The molecule has 90 valence electrons. The third-order valence-corrected chi connectivity index (χ3v) is 3.88. The molecule has 0 unspecified atom stereocenters. The van der Waals surface area contributed by atoms with Gasteiger partial charge in [-0.2, -0.15) is 0 Å². The summed E-state index contributed by atoms with van der Waals surface area (Å²) >= 11 is 0. The minimum atomic E-state index is 0.217.